The van der Waals surface area contributed by atoms with Crippen LogP contribution in [0.25, 0.3) is 10.9 Å². The first kappa shape index (κ1) is 15.6. The van der Waals surface area contributed by atoms with Gasteiger partial charge >= 0.3 is 0 Å². The van der Waals surface area contributed by atoms with Crippen LogP contribution in [0, 0.1) is 5.92 Å². The number of rotatable bonds is 3. The number of hydrogen-bond acceptors (Lipinski definition) is 3. The first-order chi connectivity index (χ1) is 11.0. The number of primary amides is 1. The zero-order chi connectivity index (χ0) is 16.4. The molecular weight excluding hydrogens is 292 g/mol. The molecule has 6 nitrogen and oxygen atoms in total. The summed E-state index contributed by atoms with van der Waals surface area (Å²) >= 11 is 0. The maximum atomic E-state index is 11.7. The predicted octanol–water partition coefficient (Wildman–Crippen LogP) is 0.933. The number of carbonyl (C=O) groups is 2. The summed E-state index contributed by atoms with van der Waals surface area (Å²) in [5.74, 6) is -0.680. The molecule has 1 aromatic carbocycles. The van der Waals surface area contributed by atoms with E-state index in [2.05, 4.69) is 22.0 Å². The Morgan fingerprint density at radius 3 is 2.83 bits per heavy atom. The van der Waals surface area contributed by atoms with Crippen molar-refractivity contribution < 1.29 is 9.59 Å². The number of nitrogens with two attached hydrogens (primary N) is 1. The van der Waals surface area contributed by atoms with E-state index in [1.54, 1.807) is 4.90 Å². The number of aromatic nitrogens is 1. The van der Waals surface area contributed by atoms with Gasteiger partial charge in [-0.15, -0.1) is 0 Å². The van der Waals surface area contributed by atoms with Gasteiger partial charge in [-0.1, -0.05) is 12.1 Å². The van der Waals surface area contributed by atoms with Crippen molar-refractivity contribution in [3.05, 3.63) is 36.0 Å². The number of nitrogens with one attached hydrogen (secondary N) is 1. The van der Waals surface area contributed by atoms with Crippen LogP contribution in [0.2, 0.25) is 0 Å². The lowest BCUT2D eigenvalue weighted by atomic mass is 10.1. The van der Waals surface area contributed by atoms with Gasteiger partial charge in [0, 0.05) is 56.7 Å². The van der Waals surface area contributed by atoms with Crippen LogP contribution < -0.4 is 5.73 Å². The van der Waals surface area contributed by atoms with E-state index < -0.39 is 0 Å². The highest BCUT2D eigenvalue weighted by Gasteiger charge is 2.27. The number of hydrogen-bond donors (Lipinski definition) is 2. The Labute approximate surface area is 135 Å². The molecule has 1 fully saturated rings. The molecule has 122 valence electrons. The number of benzene rings is 1. The maximum Gasteiger partial charge on any atom is 0.223 e. The summed E-state index contributed by atoms with van der Waals surface area (Å²) in [6.45, 7) is 4.64. The highest BCUT2D eigenvalue weighted by Crippen LogP contribution is 2.20. The molecule has 1 aliphatic heterocycles. The summed E-state index contributed by atoms with van der Waals surface area (Å²) in [5.41, 5.74) is 7.84. The van der Waals surface area contributed by atoms with Crippen molar-refractivity contribution in [2.75, 3.05) is 26.2 Å². The smallest absolute Gasteiger partial charge is 0.223 e. The fourth-order valence-corrected chi connectivity index (χ4v) is 3.22. The Morgan fingerprint density at radius 1 is 1.26 bits per heavy atom. The van der Waals surface area contributed by atoms with E-state index in [1.807, 2.05) is 18.3 Å². The first-order valence-corrected chi connectivity index (χ1v) is 7.87. The highest BCUT2D eigenvalue weighted by molar-refractivity contribution is 5.83. The Hall–Kier alpha value is -2.34. The summed E-state index contributed by atoms with van der Waals surface area (Å²) in [4.78, 5) is 30.5. The van der Waals surface area contributed by atoms with Crippen LogP contribution >= 0.6 is 0 Å². The Bertz CT molecular complexity index is 724. The maximum absolute atomic E-state index is 11.7. The molecule has 1 aromatic heterocycles. The van der Waals surface area contributed by atoms with E-state index in [0.717, 1.165) is 18.6 Å². The minimum Gasteiger partial charge on any atom is -0.369 e. The molecule has 0 aliphatic carbocycles. The van der Waals surface area contributed by atoms with Crippen LogP contribution in [0.3, 0.4) is 0 Å². The average Bonchev–Trinajstić information content (AvgIpc) is 2.88. The van der Waals surface area contributed by atoms with E-state index in [0.29, 0.717) is 19.6 Å². The van der Waals surface area contributed by atoms with Gasteiger partial charge in [0.05, 0.1) is 5.92 Å². The van der Waals surface area contributed by atoms with Crippen LogP contribution in [0.4, 0.5) is 0 Å². The summed E-state index contributed by atoms with van der Waals surface area (Å²) in [5, 5.41) is 1.19. The highest BCUT2D eigenvalue weighted by atomic mass is 16.2. The van der Waals surface area contributed by atoms with Gasteiger partial charge in [-0.05, 0) is 17.7 Å². The second-order valence-electron chi connectivity index (χ2n) is 6.16. The minimum absolute atomic E-state index is 0.00849. The predicted molar refractivity (Wildman–Crippen MR) is 88.5 cm³/mol. The zero-order valence-corrected chi connectivity index (χ0v) is 13.3. The lowest BCUT2D eigenvalue weighted by Crippen LogP contribution is -2.39. The molecule has 2 amide bonds. The monoisotopic (exact) mass is 314 g/mol. The van der Waals surface area contributed by atoms with E-state index in [1.165, 1.54) is 17.9 Å². The lowest BCUT2D eigenvalue weighted by Gasteiger charge is -2.22. The molecule has 0 spiro atoms. The number of carbonyl (C=O) groups excluding carboxylic acids is 2. The van der Waals surface area contributed by atoms with E-state index >= 15 is 0 Å². The number of amides is 2. The lowest BCUT2D eigenvalue weighted by molar-refractivity contribution is -0.130. The first-order valence-electron chi connectivity index (χ1n) is 7.87. The van der Waals surface area contributed by atoms with Crippen molar-refractivity contribution in [1.29, 1.82) is 0 Å². The molecule has 0 radical (unpaired) electrons. The van der Waals surface area contributed by atoms with Gasteiger partial charge in [-0.2, -0.15) is 0 Å². The van der Waals surface area contributed by atoms with Crippen LogP contribution in [0.1, 0.15) is 12.5 Å². The van der Waals surface area contributed by atoms with Crippen molar-refractivity contribution in [3.63, 3.8) is 0 Å². The van der Waals surface area contributed by atoms with Gasteiger partial charge in [0.25, 0.3) is 0 Å². The van der Waals surface area contributed by atoms with Gasteiger partial charge in [-0.25, -0.2) is 0 Å². The molecular formula is C17H22N4O2. The summed E-state index contributed by atoms with van der Waals surface area (Å²) < 4.78 is 0. The molecule has 3 rings (SSSR count). The third-order valence-electron chi connectivity index (χ3n) is 4.53. The van der Waals surface area contributed by atoms with Gasteiger partial charge in [0.2, 0.25) is 11.8 Å². The Kier molecular flexibility index (Phi) is 4.34. The number of fused-ring (bicyclic) bond motifs is 1. The number of nitrogens with zero attached hydrogens (tertiary/aromatic N) is 2. The number of aromatic amines is 1. The van der Waals surface area contributed by atoms with Crippen molar-refractivity contribution >= 4 is 22.7 Å². The Balaban J connectivity index is 1.80. The largest absolute Gasteiger partial charge is 0.369 e. The van der Waals surface area contributed by atoms with Gasteiger partial charge in [0.1, 0.15) is 0 Å². The van der Waals surface area contributed by atoms with Crippen molar-refractivity contribution in [1.82, 2.24) is 14.8 Å². The van der Waals surface area contributed by atoms with Crippen LogP contribution in [0.15, 0.2) is 30.5 Å². The zero-order valence-electron chi connectivity index (χ0n) is 13.3. The second-order valence-corrected chi connectivity index (χ2v) is 6.16. The molecule has 1 aliphatic rings. The fraction of sp³-hybridized carbons (Fsp3) is 0.412. The molecule has 1 atom stereocenters. The summed E-state index contributed by atoms with van der Waals surface area (Å²) in [6.07, 6.45) is 1.93. The third kappa shape index (κ3) is 3.37. The molecule has 2 aromatic rings. The van der Waals surface area contributed by atoms with E-state index in [4.69, 9.17) is 5.73 Å². The quantitative estimate of drug-likeness (QED) is 0.884. The molecule has 2 heterocycles. The summed E-state index contributed by atoms with van der Waals surface area (Å²) in [7, 11) is 0. The Morgan fingerprint density at radius 2 is 2.09 bits per heavy atom. The van der Waals surface area contributed by atoms with E-state index in [9.17, 15) is 9.59 Å². The molecule has 0 bridgehead atoms. The van der Waals surface area contributed by atoms with Crippen molar-refractivity contribution in [2.24, 2.45) is 11.7 Å². The normalized spacial score (nSPS) is 19.7. The molecule has 6 heteroatoms. The molecule has 23 heavy (non-hydrogen) atoms. The molecule has 1 saturated heterocycles. The van der Waals surface area contributed by atoms with E-state index in [-0.39, 0.29) is 17.7 Å². The molecule has 0 unspecified atom stereocenters. The SMILES string of the molecule is CC(=O)N1CCN(Cc2cccc3[nH]ccc23)C[C@H](C(N)=O)C1. The van der Waals surface area contributed by atoms with Crippen LogP contribution in [-0.4, -0.2) is 52.8 Å². The standard InChI is InChI=1S/C17H22N4O2/c1-12(22)21-8-7-20(10-14(11-21)17(18)23)9-13-3-2-4-16-15(13)5-6-19-16/h2-6,14,19H,7-11H2,1H3,(H2,18,23)/t14-/m0/s1. The average molecular weight is 314 g/mol. The van der Waals surface area contributed by atoms with Gasteiger partial charge < -0.3 is 15.6 Å². The minimum atomic E-state index is -0.344. The topological polar surface area (TPSA) is 82.4 Å². The molecule has 3 N–H and O–H groups in total. The molecule has 0 saturated carbocycles. The van der Waals surface area contributed by atoms with Gasteiger partial charge in [-0.3, -0.25) is 14.5 Å². The fourth-order valence-electron chi connectivity index (χ4n) is 3.22. The number of H-pyrrole nitrogens is 1. The second kappa shape index (κ2) is 6.42. The van der Waals surface area contributed by atoms with Crippen LogP contribution in [-0.2, 0) is 16.1 Å². The van der Waals surface area contributed by atoms with Crippen molar-refractivity contribution in [3.8, 4) is 0 Å². The van der Waals surface area contributed by atoms with Crippen molar-refractivity contribution in [2.45, 2.75) is 13.5 Å². The van der Waals surface area contributed by atoms with Gasteiger partial charge in [0.15, 0.2) is 0 Å². The summed E-state index contributed by atoms with van der Waals surface area (Å²) in [6, 6.07) is 8.24. The van der Waals surface area contributed by atoms with Crippen LogP contribution in [0.5, 0.6) is 0 Å². The third-order valence-corrected chi connectivity index (χ3v) is 4.53.